The third-order valence-electron chi connectivity index (χ3n) is 4.63. The number of esters is 1. The maximum Gasteiger partial charge on any atom is 0.408 e. The van der Waals surface area contributed by atoms with Crippen LogP contribution in [-0.2, 0) is 25.7 Å². The van der Waals surface area contributed by atoms with Gasteiger partial charge in [0.25, 0.3) is 0 Å². The minimum absolute atomic E-state index is 0.0722. The molecule has 0 heterocycles. The molecule has 1 amide bonds. The Bertz CT molecular complexity index is 701. The second-order valence-electron chi connectivity index (χ2n) is 8.39. The molecule has 1 aromatic rings. The molecule has 0 bridgehead atoms. The molecule has 1 atom stereocenters. The molecule has 1 unspecified atom stereocenters. The van der Waals surface area contributed by atoms with Crippen molar-refractivity contribution in [3.8, 4) is 0 Å². The largest absolute Gasteiger partial charge is 0.459 e. The Morgan fingerprint density at radius 1 is 1.10 bits per heavy atom. The van der Waals surface area contributed by atoms with Crippen LogP contribution in [0.3, 0.4) is 0 Å². The Balaban J connectivity index is 2.76. The summed E-state index contributed by atoms with van der Waals surface area (Å²) in [4.78, 5) is 37.4. The van der Waals surface area contributed by atoms with Crippen molar-refractivity contribution in [2.75, 3.05) is 24.5 Å². The number of nitrogens with one attached hydrogen (secondary N) is 1. The monoisotopic (exact) mass is 456 g/mol. The fraction of sp³-hybridized carbons (Fsp3) is 0.591. The molecule has 0 aliphatic heterocycles. The van der Waals surface area contributed by atoms with Crippen molar-refractivity contribution in [3.63, 3.8) is 0 Å². The quantitative estimate of drug-likeness (QED) is 0.398. The highest BCUT2D eigenvalue weighted by Crippen LogP contribution is 2.56. The number of thioether (sulfide) groups is 1. The van der Waals surface area contributed by atoms with Gasteiger partial charge in [0.15, 0.2) is 5.12 Å². The van der Waals surface area contributed by atoms with E-state index in [1.165, 1.54) is 11.8 Å². The van der Waals surface area contributed by atoms with E-state index < -0.39 is 31.0 Å². The first-order valence-electron chi connectivity index (χ1n) is 10.2. The van der Waals surface area contributed by atoms with E-state index in [9.17, 15) is 14.4 Å². The summed E-state index contributed by atoms with van der Waals surface area (Å²) in [5, 5.41) is 2.37. The Hall–Kier alpha value is -1.59. The number of carbonyl (C=O) groups excluding carboxylic acids is 3. The van der Waals surface area contributed by atoms with Crippen LogP contribution in [0.15, 0.2) is 30.3 Å². The third-order valence-corrected chi connectivity index (χ3v) is 11.2. The molecule has 0 radical (unpaired) electrons. The van der Waals surface area contributed by atoms with Crippen LogP contribution in [0.5, 0.6) is 0 Å². The van der Waals surface area contributed by atoms with Crippen LogP contribution in [0.2, 0.25) is 0 Å². The van der Waals surface area contributed by atoms with Crippen LogP contribution in [-0.4, -0.2) is 53.3 Å². The van der Waals surface area contributed by atoms with Crippen LogP contribution in [0.4, 0.5) is 4.79 Å². The Morgan fingerprint density at radius 3 is 2.23 bits per heavy atom. The second kappa shape index (κ2) is 12.3. The lowest BCUT2D eigenvalue weighted by atomic mass is 10.2. The summed E-state index contributed by atoms with van der Waals surface area (Å²) in [5.41, 5.74) is 0.890. The minimum Gasteiger partial charge on any atom is -0.459 e. The number of alkyl carbamates (subject to hydrolysis) is 1. The smallest absolute Gasteiger partial charge is 0.408 e. The molecule has 0 spiro atoms. The lowest BCUT2D eigenvalue weighted by Crippen LogP contribution is -2.45. The minimum atomic E-state index is -1.15. The van der Waals surface area contributed by atoms with Crippen molar-refractivity contribution in [2.45, 2.75) is 59.3 Å². The highest BCUT2D eigenvalue weighted by Gasteiger charge is 2.31. The zero-order chi connectivity index (χ0) is 22.8. The standard InChI is InChI=1S/C22H34NO5PS/c1-7-29(6,8-2)16-30-19(24)14-18(23-21(26)28-22(3,4)5)20(25)27-15-17-12-10-9-11-13-17/h9-13,18H,7-8,14-16H2,1-6H3/p+1. The molecule has 1 aromatic carbocycles. The SMILES string of the molecule is CC[P+](C)(CC)CSC(=O)CC(NC(=O)OC(C)(C)C)C(=O)OCc1ccccc1. The van der Waals surface area contributed by atoms with E-state index in [0.29, 0.717) is 0 Å². The van der Waals surface area contributed by atoms with Crippen molar-refractivity contribution >= 4 is 36.2 Å². The van der Waals surface area contributed by atoms with Crippen LogP contribution in [0, 0.1) is 0 Å². The van der Waals surface area contributed by atoms with Crippen molar-refractivity contribution < 1.29 is 23.9 Å². The second-order valence-corrected chi connectivity index (χ2v) is 14.7. The van der Waals surface area contributed by atoms with E-state index in [1.54, 1.807) is 20.8 Å². The van der Waals surface area contributed by atoms with Crippen LogP contribution in [0.25, 0.3) is 0 Å². The fourth-order valence-corrected chi connectivity index (χ4v) is 6.35. The summed E-state index contributed by atoms with van der Waals surface area (Å²) < 4.78 is 10.6. The normalized spacial score (nSPS) is 12.7. The molecule has 1 rings (SSSR count). The Labute approximate surface area is 185 Å². The van der Waals surface area contributed by atoms with Crippen molar-refractivity contribution in [2.24, 2.45) is 0 Å². The number of amides is 1. The van der Waals surface area contributed by atoms with E-state index in [2.05, 4.69) is 25.8 Å². The van der Waals surface area contributed by atoms with Gasteiger partial charge in [0.05, 0.1) is 12.3 Å². The molecule has 0 saturated carbocycles. The number of rotatable bonds is 10. The maximum atomic E-state index is 12.6. The maximum absolute atomic E-state index is 12.6. The molecule has 0 aliphatic rings. The van der Waals surface area contributed by atoms with Gasteiger partial charge in [-0.1, -0.05) is 30.3 Å². The van der Waals surface area contributed by atoms with Gasteiger partial charge in [0, 0.05) is 20.3 Å². The van der Waals surface area contributed by atoms with E-state index in [-0.39, 0.29) is 18.1 Å². The predicted octanol–water partition coefficient (Wildman–Crippen LogP) is 4.92. The number of ether oxygens (including phenoxy) is 2. The molecule has 0 saturated heterocycles. The van der Waals surface area contributed by atoms with Crippen LogP contribution < -0.4 is 5.32 Å². The zero-order valence-electron chi connectivity index (χ0n) is 18.9. The fourth-order valence-electron chi connectivity index (χ4n) is 2.33. The topological polar surface area (TPSA) is 81.7 Å². The molecule has 0 aromatic heterocycles. The number of hydrogen-bond acceptors (Lipinski definition) is 6. The van der Waals surface area contributed by atoms with E-state index >= 15 is 0 Å². The lowest BCUT2D eigenvalue weighted by molar-refractivity contribution is -0.148. The summed E-state index contributed by atoms with van der Waals surface area (Å²) >= 11 is 1.24. The lowest BCUT2D eigenvalue weighted by Gasteiger charge is -2.23. The van der Waals surface area contributed by atoms with E-state index in [1.807, 2.05) is 30.3 Å². The van der Waals surface area contributed by atoms with Crippen LogP contribution >= 0.6 is 19.0 Å². The third kappa shape index (κ3) is 10.4. The highest BCUT2D eigenvalue weighted by molar-refractivity contribution is 8.18. The van der Waals surface area contributed by atoms with Gasteiger partial charge in [-0.2, -0.15) is 0 Å². The van der Waals surface area contributed by atoms with Crippen molar-refractivity contribution in [3.05, 3.63) is 35.9 Å². The molecule has 0 aliphatic carbocycles. The molecule has 0 fully saturated rings. The molecule has 8 heteroatoms. The number of hydrogen-bond donors (Lipinski definition) is 1. The molecule has 1 N–H and O–H groups in total. The van der Waals surface area contributed by atoms with Crippen molar-refractivity contribution in [1.29, 1.82) is 0 Å². The molecule has 6 nitrogen and oxygen atoms in total. The van der Waals surface area contributed by atoms with Gasteiger partial charge in [0.1, 0.15) is 23.7 Å². The van der Waals surface area contributed by atoms with Gasteiger partial charge in [-0.3, -0.25) is 4.79 Å². The summed E-state index contributed by atoms with van der Waals surface area (Å²) in [5.74, 6) is -0.651. The number of carbonyl (C=O) groups is 3. The molecule has 30 heavy (non-hydrogen) atoms. The van der Waals surface area contributed by atoms with Gasteiger partial charge in [-0.15, -0.1) is 0 Å². The van der Waals surface area contributed by atoms with Crippen molar-refractivity contribution in [1.82, 2.24) is 5.32 Å². The average Bonchev–Trinajstić information content (AvgIpc) is 2.69. The number of benzene rings is 1. The zero-order valence-corrected chi connectivity index (χ0v) is 20.6. The van der Waals surface area contributed by atoms with Gasteiger partial charge in [-0.05, 0) is 51.9 Å². The first-order chi connectivity index (χ1) is 14.0. The molecular weight excluding hydrogens is 421 g/mol. The first kappa shape index (κ1) is 26.4. The van der Waals surface area contributed by atoms with Gasteiger partial charge in [0.2, 0.25) is 0 Å². The molecular formula is C22H35NO5PS+. The van der Waals surface area contributed by atoms with E-state index in [4.69, 9.17) is 9.47 Å². The summed E-state index contributed by atoms with van der Waals surface area (Å²) in [6.07, 6.45) is 1.26. The van der Waals surface area contributed by atoms with Crippen LogP contribution in [0.1, 0.15) is 46.6 Å². The summed E-state index contributed by atoms with van der Waals surface area (Å²) in [6, 6.07) is 8.16. The average molecular weight is 457 g/mol. The predicted molar refractivity (Wildman–Crippen MR) is 125 cm³/mol. The highest BCUT2D eigenvalue weighted by atomic mass is 32.2. The Kier molecular flexibility index (Phi) is 10.9. The molecule has 168 valence electrons. The van der Waals surface area contributed by atoms with E-state index in [0.717, 1.165) is 23.4 Å². The summed E-state index contributed by atoms with van der Waals surface area (Å²) in [6.45, 7) is 11.8. The summed E-state index contributed by atoms with van der Waals surface area (Å²) in [7, 11) is -1.15. The van der Waals surface area contributed by atoms with Gasteiger partial charge in [-0.25, -0.2) is 9.59 Å². The van der Waals surface area contributed by atoms with Gasteiger partial charge >= 0.3 is 12.1 Å². The first-order valence-corrected chi connectivity index (χ1v) is 13.9. The Morgan fingerprint density at radius 2 is 1.70 bits per heavy atom. The van der Waals surface area contributed by atoms with Gasteiger partial charge < -0.3 is 14.8 Å².